The average molecular weight is 373 g/mol. The van der Waals surface area contributed by atoms with Gasteiger partial charge in [0.2, 0.25) is 10.0 Å². The molecule has 0 fully saturated rings. The lowest BCUT2D eigenvalue weighted by molar-refractivity contribution is -0.384. The van der Waals surface area contributed by atoms with Gasteiger partial charge >= 0.3 is 5.69 Å². The first-order valence-corrected chi connectivity index (χ1v) is 8.21. The molecule has 0 radical (unpaired) electrons. The molecule has 2 aromatic rings. The van der Waals surface area contributed by atoms with E-state index in [1.54, 1.807) is 32.0 Å². The highest BCUT2D eigenvalue weighted by Gasteiger charge is 2.19. The van der Waals surface area contributed by atoms with Gasteiger partial charge in [-0.2, -0.15) is 0 Å². The minimum absolute atomic E-state index is 0. The number of halogens is 1. The van der Waals surface area contributed by atoms with E-state index in [0.29, 0.717) is 23.6 Å². The zero-order chi connectivity index (χ0) is 17.2. The van der Waals surface area contributed by atoms with Gasteiger partial charge in [0.05, 0.1) is 9.82 Å². The molecule has 0 aliphatic heterocycles. The van der Waals surface area contributed by atoms with Crippen molar-refractivity contribution in [3.05, 3.63) is 57.4 Å². The lowest BCUT2D eigenvalue weighted by Crippen LogP contribution is -2.12. The van der Waals surface area contributed by atoms with Gasteiger partial charge in [0, 0.05) is 12.2 Å². The SMILES string of the molecule is Cc1cc(NCc2ccc(S(N)(=O)=O)cc2)c([N+](=O)[O-])c(C)n1.Cl. The molecule has 0 aliphatic carbocycles. The number of hydrogen-bond acceptors (Lipinski definition) is 6. The predicted octanol–water partition coefficient (Wildman–Crippen LogP) is 2.29. The molecule has 1 aromatic heterocycles. The number of anilines is 1. The number of nitrogens with zero attached hydrogens (tertiary/aromatic N) is 2. The molecule has 0 spiro atoms. The van der Waals surface area contributed by atoms with E-state index in [-0.39, 0.29) is 23.0 Å². The van der Waals surface area contributed by atoms with Crippen LogP contribution in [0.25, 0.3) is 0 Å². The van der Waals surface area contributed by atoms with Gasteiger partial charge in [-0.05, 0) is 37.6 Å². The first kappa shape index (κ1) is 19.8. The van der Waals surface area contributed by atoms with E-state index in [9.17, 15) is 18.5 Å². The molecule has 8 nitrogen and oxygen atoms in total. The van der Waals surface area contributed by atoms with Crippen LogP contribution in [0.5, 0.6) is 0 Å². The number of aromatic nitrogens is 1. The van der Waals surface area contributed by atoms with E-state index in [1.165, 1.54) is 12.1 Å². The van der Waals surface area contributed by atoms with Crippen LogP contribution in [0.1, 0.15) is 17.0 Å². The Hall–Kier alpha value is -2.23. The van der Waals surface area contributed by atoms with Crippen LogP contribution in [-0.4, -0.2) is 18.3 Å². The fourth-order valence-corrected chi connectivity index (χ4v) is 2.70. The third-order valence-electron chi connectivity index (χ3n) is 3.21. The van der Waals surface area contributed by atoms with E-state index >= 15 is 0 Å². The molecular formula is C14H17ClN4O4S. The standard InChI is InChI=1S/C14H16N4O4S.ClH/c1-9-7-13(14(18(19)20)10(2)17-9)16-8-11-3-5-12(6-4-11)23(15,21)22;/h3-7H,8H2,1-2H3,(H,16,17)(H2,15,21,22);1H. The summed E-state index contributed by atoms with van der Waals surface area (Å²) in [5.74, 6) is 0. The molecule has 130 valence electrons. The maximum absolute atomic E-state index is 11.2. The van der Waals surface area contributed by atoms with Crippen molar-refractivity contribution in [1.29, 1.82) is 0 Å². The summed E-state index contributed by atoms with van der Waals surface area (Å²) < 4.78 is 22.4. The molecule has 3 N–H and O–H groups in total. The highest BCUT2D eigenvalue weighted by molar-refractivity contribution is 7.89. The number of sulfonamides is 1. The van der Waals surface area contributed by atoms with Crippen LogP contribution >= 0.6 is 12.4 Å². The average Bonchev–Trinajstić information content (AvgIpc) is 2.43. The topological polar surface area (TPSA) is 128 Å². The lowest BCUT2D eigenvalue weighted by Gasteiger charge is -2.10. The molecule has 0 bridgehead atoms. The Bertz CT molecular complexity index is 854. The van der Waals surface area contributed by atoms with Crippen molar-refractivity contribution in [2.24, 2.45) is 5.14 Å². The van der Waals surface area contributed by atoms with Crippen molar-refractivity contribution in [3.63, 3.8) is 0 Å². The van der Waals surface area contributed by atoms with Crippen molar-refractivity contribution in [1.82, 2.24) is 4.98 Å². The number of nitrogens with one attached hydrogen (secondary N) is 1. The summed E-state index contributed by atoms with van der Waals surface area (Å²) in [4.78, 5) is 14.8. The number of pyridine rings is 1. The third-order valence-corrected chi connectivity index (χ3v) is 4.14. The minimum Gasteiger partial charge on any atom is -0.375 e. The second-order valence-corrected chi connectivity index (χ2v) is 6.61. The smallest absolute Gasteiger partial charge is 0.313 e. The Kier molecular flexibility index (Phi) is 6.24. The van der Waals surface area contributed by atoms with Crippen LogP contribution in [0.15, 0.2) is 35.2 Å². The highest BCUT2D eigenvalue weighted by atomic mass is 35.5. The summed E-state index contributed by atoms with van der Waals surface area (Å²) in [6, 6.07) is 7.58. The molecule has 0 saturated heterocycles. The Morgan fingerprint density at radius 1 is 1.25 bits per heavy atom. The van der Waals surface area contributed by atoms with Gasteiger partial charge < -0.3 is 5.32 Å². The predicted molar refractivity (Wildman–Crippen MR) is 92.8 cm³/mol. The monoisotopic (exact) mass is 372 g/mol. The maximum Gasteiger partial charge on any atom is 0.313 e. The summed E-state index contributed by atoms with van der Waals surface area (Å²) in [7, 11) is -3.73. The fraction of sp³-hybridized carbons (Fsp3) is 0.214. The number of nitro groups is 1. The molecular weight excluding hydrogens is 356 g/mol. The van der Waals surface area contributed by atoms with Crippen LogP contribution in [0.3, 0.4) is 0 Å². The number of rotatable bonds is 5. The van der Waals surface area contributed by atoms with E-state index in [0.717, 1.165) is 5.56 Å². The molecule has 0 unspecified atom stereocenters. The van der Waals surface area contributed by atoms with Crippen LogP contribution in [0, 0.1) is 24.0 Å². The Balaban J connectivity index is 0.00000288. The number of aryl methyl sites for hydroxylation is 2. The second-order valence-electron chi connectivity index (χ2n) is 5.04. The molecule has 24 heavy (non-hydrogen) atoms. The normalized spacial score (nSPS) is 10.8. The summed E-state index contributed by atoms with van der Waals surface area (Å²) in [6.45, 7) is 3.63. The quantitative estimate of drug-likeness (QED) is 0.612. The molecule has 0 atom stereocenters. The van der Waals surface area contributed by atoms with Gasteiger partial charge in [0.15, 0.2) is 0 Å². The molecule has 10 heteroatoms. The van der Waals surface area contributed by atoms with Gasteiger partial charge in [-0.1, -0.05) is 12.1 Å². The highest BCUT2D eigenvalue weighted by Crippen LogP contribution is 2.28. The molecule has 1 heterocycles. The first-order chi connectivity index (χ1) is 10.7. The number of hydrogen-bond donors (Lipinski definition) is 2. The van der Waals surface area contributed by atoms with Crippen molar-refractivity contribution < 1.29 is 13.3 Å². The van der Waals surface area contributed by atoms with Gasteiger partial charge in [-0.15, -0.1) is 12.4 Å². The number of benzene rings is 1. The Labute approximate surface area is 145 Å². The summed E-state index contributed by atoms with van der Waals surface area (Å²) in [5, 5.41) is 19.2. The molecule has 0 saturated carbocycles. The fourth-order valence-electron chi connectivity index (χ4n) is 2.18. The maximum atomic E-state index is 11.2. The van der Waals surface area contributed by atoms with Crippen LogP contribution in [-0.2, 0) is 16.6 Å². The van der Waals surface area contributed by atoms with Crippen molar-refractivity contribution in [2.45, 2.75) is 25.3 Å². The molecule has 2 rings (SSSR count). The second kappa shape index (κ2) is 7.56. The Morgan fingerprint density at radius 3 is 2.33 bits per heavy atom. The van der Waals surface area contributed by atoms with Gasteiger partial charge in [-0.25, -0.2) is 13.6 Å². The molecule has 0 amide bonds. The van der Waals surface area contributed by atoms with Crippen molar-refractivity contribution in [2.75, 3.05) is 5.32 Å². The van der Waals surface area contributed by atoms with E-state index in [4.69, 9.17) is 5.14 Å². The van der Waals surface area contributed by atoms with Gasteiger partial charge in [0.1, 0.15) is 11.4 Å². The summed E-state index contributed by atoms with van der Waals surface area (Å²) in [6.07, 6.45) is 0. The van der Waals surface area contributed by atoms with Crippen LogP contribution in [0.2, 0.25) is 0 Å². The van der Waals surface area contributed by atoms with E-state index in [2.05, 4.69) is 10.3 Å². The largest absolute Gasteiger partial charge is 0.375 e. The number of nitrogens with two attached hydrogens (primary N) is 1. The summed E-state index contributed by atoms with van der Waals surface area (Å²) >= 11 is 0. The van der Waals surface area contributed by atoms with Crippen LogP contribution in [0.4, 0.5) is 11.4 Å². The molecule has 0 aliphatic rings. The van der Waals surface area contributed by atoms with Crippen molar-refractivity contribution >= 4 is 33.8 Å². The minimum atomic E-state index is -3.73. The van der Waals surface area contributed by atoms with Gasteiger partial charge in [0.25, 0.3) is 0 Å². The third kappa shape index (κ3) is 4.63. The van der Waals surface area contributed by atoms with E-state index in [1.807, 2.05) is 0 Å². The zero-order valence-corrected chi connectivity index (χ0v) is 14.6. The Morgan fingerprint density at radius 2 is 1.83 bits per heavy atom. The van der Waals surface area contributed by atoms with E-state index < -0.39 is 14.9 Å². The van der Waals surface area contributed by atoms with Crippen molar-refractivity contribution in [3.8, 4) is 0 Å². The number of primary sulfonamides is 1. The van der Waals surface area contributed by atoms with Gasteiger partial charge in [-0.3, -0.25) is 15.1 Å². The summed E-state index contributed by atoms with van der Waals surface area (Å²) in [5.41, 5.74) is 2.06. The zero-order valence-electron chi connectivity index (χ0n) is 13.0. The molecule has 1 aromatic carbocycles. The van der Waals surface area contributed by atoms with Crippen LogP contribution < -0.4 is 10.5 Å². The lowest BCUT2D eigenvalue weighted by atomic mass is 10.2. The first-order valence-electron chi connectivity index (χ1n) is 6.66.